The maximum Gasteiger partial charge on any atom is 0.273 e. The number of benzene rings is 2. The molecule has 7 nitrogen and oxygen atoms in total. The van der Waals surface area contributed by atoms with Gasteiger partial charge >= 0.3 is 0 Å². The van der Waals surface area contributed by atoms with Crippen molar-refractivity contribution in [3.05, 3.63) is 94.0 Å². The van der Waals surface area contributed by atoms with Gasteiger partial charge in [0, 0.05) is 28.0 Å². The summed E-state index contributed by atoms with van der Waals surface area (Å²) in [6.07, 6.45) is 1.18. The molecule has 3 aromatic rings. The number of halogens is 2. The van der Waals surface area contributed by atoms with Crippen molar-refractivity contribution in [3.8, 4) is 0 Å². The molecular weight excluding hydrogens is 423 g/mol. The first-order valence-electron chi connectivity index (χ1n) is 9.25. The molecule has 0 saturated carbocycles. The van der Waals surface area contributed by atoms with Gasteiger partial charge in [-0.25, -0.2) is 4.39 Å². The molecular formula is C22H16ClFN4O3. The summed E-state index contributed by atoms with van der Waals surface area (Å²) in [6.45, 7) is -0.344. The predicted octanol–water partition coefficient (Wildman–Crippen LogP) is 3.16. The van der Waals surface area contributed by atoms with Gasteiger partial charge < -0.3 is 16.0 Å². The lowest BCUT2D eigenvalue weighted by atomic mass is 9.95. The van der Waals surface area contributed by atoms with E-state index in [1.54, 1.807) is 30.3 Å². The van der Waals surface area contributed by atoms with E-state index in [9.17, 15) is 18.8 Å². The Bertz CT molecular complexity index is 1200. The summed E-state index contributed by atoms with van der Waals surface area (Å²) in [5.74, 6) is -2.30. The number of nitrogens with one attached hydrogen (secondary N) is 1. The second kappa shape index (κ2) is 8.16. The number of hydrogen-bond donors (Lipinski definition) is 2. The number of nitrogens with two attached hydrogens (primary N) is 1. The molecule has 2 heterocycles. The van der Waals surface area contributed by atoms with Gasteiger partial charge in [0.2, 0.25) is 11.8 Å². The van der Waals surface area contributed by atoms with Crippen molar-refractivity contribution in [2.75, 3.05) is 11.9 Å². The van der Waals surface area contributed by atoms with E-state index in [4.69, 9.17) is 17.3 Å². The number of anilines is 1. The van der Waals surface area contributed by atoms with E-state index in [1.807, 2.05) is 0 Å². The largest absolute Gasteiger partial charge is 0.366 e. The molecule has 9 heteroatoms. The number of nitrogens with zero attached hydrogens (tertiary/aromatic N) is 2. The van der Waals surface area contributed by atoms with Crippen LogP contribution in [0.15, 0.2) is 60.8 Å². The standard InChI is InChI=1S/C22H16ClFN4O3/c23-13-6-8-17-15(9-13)20(14-3-1-2-4-16(14)24)28(11-19(29)27-17)22(31)18-7-5-12(10-26-18)21(25)30/h1-10,20H,11H2,(H2,25,30)(H,27,29). The Hall–Kier alpha value is -3.78. The number of fused-ring (bicyclic) bond motifs is 1. The number of rotatable bonds is 3. The van der Waals surface area contributed by atoms with Gasteiger partial charge in [-0.3, -0.25) is 19.4 Å². The Balaban J connectivity index is 1.87. The van der Waals surface area contributed by atoms with E-state index in [2.05, 4.69) is 10.3 Å². The van der Waals surface area contributed by atoms with E-state index < -0.39 is 29.6 Å². The minimum atomic E-state index is -0.945. The monoisotopic (exact) mass is 438 g/mol. The highest BCUT2D eigenvalue weighted by Gasteiger charge is 2.36. The number of amides is 3. The molecule has 156 valence electrons. The zero-order valence-corrected chi connectivity index (χ0v) is 16.8. The predicted molar refractivity (Wildman–Crippen MR) is 112 cm³/mol. The van der Waals surface area contributed by atoms with Gasteiger partial charge in [-0.2, -0.15) is 0 Å². The van der Waals surface area contributed by atoms with Gasteiger partial charge in [0.05, 0.1) is 11.6 Å². The Morgan fingerprint density at radius 1 is 1.13 bits per heavy atom. The van der Waals surface area contributed by atoms with Gasteiger partial charge in [0.1, 0.15) is 18.1 Å². The highest BCUT2D eigenvalue weighted by molar-refractivity contribution is 6.30. The van der Waals surface area contributed by atoms with Gasteiger partial charge in [-0.15, -0.1) is 0 Å². The number of aromatic nitrogens is 1. The first kappa shape index (κ1) is 20.5. The Labute approximate surface area is 181 Å². The highest BCUT2D eigenvalue weighted by atomic mass is 35.5. The summed E-state index contributed by atoms with van der Waals surface area (Å²) in [7, 11) is 0. The minimum absolute atomic E-state index is 0.0235. The van der Waals surface area contributed by atoms with Crippen LogP contribution in [-0.2, 0) is 4.79 Å². The van der Waals surface area contributed by atoms with Crippen molar-refractivity contribution in [1.82, 2.24) is 9.88 Å². The molecule has 0 spiro atoms. The van der Waals surface area contributed by atoms with Crippen LogP contribution in [0.25, 0.3) is 0 Å². The summed E-state index contributed by atoms with van der Waals surface area (Å²) >= 11 is 6.18. The first-order valence-corrected chi connectivity index (χ1v) is 9.63. The maximum absolute atomic E-state index is 14.8. The molecule has 0 aliphatic carbocycles. The SMILES string of the molecule is NC(=O)c1ccc(C(=O)N2CC(=O)Nc3ccc(Cl)cc3C2c2ccccc2F)nc1. The summed E-state index contributed by atoms with van der Waals surface area (Å²) < 4.78 is 14.8. The quantitative estimate of drug-likeness (QED) is 0.655. The molecule has 31 heavy (non-hydrogen) atoms. The van der Waals surface area contributed by atoms with Crippen LogP contribution in [0.3, 0.4) is 0 Å². The van der Waals surface area contributed by atoms with E-state index in [0.29, 0.717) is 16.3 Å². The fraction of sp³-hybridized carbons (Fsp3) is 0.0909. The van der Waals surface area contributed by atoms with Crippen LogP contribution in [0, 0.1) is 5.82 Å². The molecule has 1 aliphatic rings. The Morgan fingerprint density at radius 2 is 1.90 bits per heavy atom. The molecule has 0 fully saturated rings. The van der Waals surface area contributed by atoms with Gasteiger partial charge in [0.15, 0.2) is 0 Å². The van der Waals surface area contributed by atoms with Crippen molar-refractivity contribution >= 4 is 35.0 Å². The molecule has 4 rings (SSSR count). The molecule has 1 aromatic heterocycles. The van der Waals surface area contributed by atoms with E-state index in [-0.39, 0.29) is 23.4 Å². The van der Waals surface area contributed by atoms with Crippen molar-refractivity contribution in [3.63, 3.8) is 0 Å². The third kappa shape index (κ3) is 3.97. The molecule has 1 unspecified atom stereocenters. The third-order valence-corrected chi connectivity index (χ3v) is 5.17. The zero-order valence-electron chi connectivity index (χ0n) is 16.0. The van der Waals surface area contributed by atoms with E-state index in [0.717, 1.165) is 0 Å². The van der Waals surface area contributed by atoms with Crippen LogP contribution < -0.4 is 11.1 Å². The zero-order chi connectivity index (χ0) is 22.1. The molecule has 0 bridgehead atoms. The van der Waals surface area contributed by atoms with Crippen molar-refractivity contribution in [2.45, 2.75) is 6.04 Å². The number of pyridine rings is 1. The van der Waals surface area contributed by atoms with Crippen molar-refractivity contribution in [2.24, 2.45) is 5.73 Å². The average Bonchev–Trinajstić information content (AvgIpc) is 2.89. The molecule has 3 amide bonds. The molecule has 0 saturated heterocycles. The summed E-state index contributed by atoms with van der Waals surface area (Å²) in [5.41, 5.74) is 6.42. The number of primary amides is 1. The summed E-state index contributed by atoms with van der Waals surface area (Å²) in [6, 6.07) is 12.6. The number of carbonyl (C=O) groups is 3. The highest BCUT2D eigenvalue weighted by Crippen LogP contribution is 2.38. The maximum atomic E-state index is 14.8. The topological polar surface area (TPSA) is 105 Å². The van der Waals surface area contributed by atoms with E-state index >= 15 is 0 Å². The summed E-state index contributed by atoms with van der Waals surface area (Å²) in [5, 5.41) is 3.10. The number of carbonyl (C=O) groups excluding carboxylic acids is 3. The fourth-order valence-electron chi connectivity index (χ4n) is 3.51. The van der Waals surface area contributed by atoms with Crippen molar-refractivity contribution in [1.29, 1.82) is 0 Å². The van der Waals surface area contributed by atoms with Crippen LogP contribution in [0.1, 0.15) is 38.0 Å². The van der Waals surface area contributed by atoms with Gasteiger partial charge in [-0.05, 0) is 36.4 Å². The molecule has 1 atom stereocenters. The van der Waals surface area contributed by atoms with Crippen LogP contribution in [-0.4, -0.2) is 34.2 Å². The lowest BCUT2D eigenvalue weighted by Crippen LogP contribution is -2.39. The molecule has 0 radical (unpaired) electrons. The third-order valence-electron chi connectivity index (χ3n) is 4.94. The normalized spacial score (nSPS) is 15.6. The van der Waals surface area contributed by atoms with Gasteiger partial charge in [0.25, 0.3) is 5.91 Å². The van der Waals surface area contributed by atoms with Crippen LogP contribution in [0.2, 0.25) is 5.02 Å². The smallest absolute Gasteiger partial charge is 0.273 e. The Kier molecular flexibility index (Phi) is 5.39. The Morgan fingerprint density at radius 3 is 2.58 bits per heavy atom. The minimum Gasteiger partial charge on any atom is -0.366 e. The van der Waals surface area contributed by atoms with Gasteiger partial charge in [-0.1, -0.05) is 29.8 Å². The second-order valence-corrected chi connectivity index (χ2v) is 7.37. The van der Waals surface area contributed by atoms with E-state index in [1.165, 1.54) is 35.4 Å². The fourth-order valence-corrected chi connectivity index (χ4v) is 3.69. The van der Waals surface area contributed by atoms with Crippen LogP contribution >= 0.6 is 11.6 Å². The lowest BCUT2D eigenvalue weighted by molar-refractivity contribution is -0.117. The second-order valence-electron chi connectivity index (χ2n) is 6.93. The number of hydrogen-bond acceptors (Lipinski definition) is 4. The lowest BCUT2D eigenvalue weighted by Gasteiger charge is -2.30. The molecule has 3 N–H and O–H groups in total. The summed E-state index contributed by atoms with van der Waals surface area (Å²) in [4.78, 5) is 42.5. The van der Waals surface area contributed by atoms with Crippen molar-refractivity contribution < 1.29 is 18.8 Å². The molecule has 2 aromatic carbocycles. The van der Waals surface area contributed by atoms with Crippen LogP contribution in [0.4, 0.5) is 10.1 Å². The first-order chi connectivity index (χ1) is 14.8. The van der Waals surface area contributed by atoms with Crippen LogP contribution in [0.5, 0.6) is 0 Å². The molecule has 1 aliphatic heterocycles. The average molecular weight is 439 g/mol.